The first-order chi connectivity index (χ1) is 13.3. The van der Waals surface area contributed by atoms with Crippen molar-refractivity contribution in [2.24, 2.45) is 5.41 Å². The van der Waals surface area contributed by atoms with Crippen molar-refractivity contribution < 1.29 is 23.8 Å². The largest absolute Gasteiger partial charge is 0.479 e. The summed E-state index contributed by atoms with van der Waals surface area (Å²) in [6.07, 6.45) is 0.323. The molecular formula is C20H25N3O5. The molecule has 1 aliphatic rings. The minimum atomic E-state index is -1.34. The number of aliphatic carboxylic acids is 1. The second kappa shape index (κ2) is 7.71. The Morgan fingerprint density at radius 1 is 1.29 bits per heavy atom. The summed E-state index contributed by atoms with van der Waals surface area (Å²) in [5.41, 5.74) is -1.25. The van der Waals surface area contributed by atoms with Crippen LogP contribution < -0.4 is 5.32 Å². The molecule has 0 radical (unpaired) electrons. The van der Waals surface area contributed by atoms with E-state index in [1.807, 2.05) is 37.3 Å². The predicted molar refractivity (Wildman–Crippen MR) is 100 cm³/mol. The van der Waals surface area contributed by atoms with Gasteiger partial charge in [0.15, 0.2) is 0 Å². The van der Waals surface area contributed by atoms with Gasteiger partial charge in [0.05, 0.1) is 6.10 Å². The number of amides is 1. The Kier molecular flexibility index (Phi) is 5.51. The molecule has 1 aliphatic carbocycles. The molecule has 1 aromatic heterocycles. The van der Waals surface area contributed by atoms with Crippen LogP contribution in [-0.4, -0.2) is 45.4 Å². The van der Waals surface area contributed by atoms with Crippen molar-refractivity contribution in [2.75, 3.05) is 6.61 Å². The number of aryl methyl sites for hydroxylation is 1. The summed E-state index contributed by atoms with van der Waals surface area (Å²) in [6, 6.07) is 9.34. The number of hydrogen-bond donors (Lipinski definition) is 2. The number of carbonyl (C=O) groups is 2. The second-order valence-corrected chi connectivity index (χ2v) is 7.50. The minimum Gasteiger partial charge on any atom is -0.479 e. The number of benzene rings is 1. The third kappa shape index (κ3) is 3.52. The Hall–Kier alpha value is -2.74. The van der Waals surface area contributed by atoms with E-state index in [0.717, 1.165) is 5.56 Å². The third-order valence-corrected chi connectivity index (χ3v) is 5.54. The summed E-state index contributed by atoms with van der Waals surface area (Å²) in [4.78, 5) is 24.4. The fourth-order valence-corrected chi connectivity index (χ4v) is 3.61. The van der Waals surface area contributed by atoms with E-state index in [1.165, 1.54) is 0 Å². The molecule has 1 heterocycles. The monoisotopic (exact) mass is 387 g/mol. The molecule has 1 aromatic carbocycles. The van der Waals surface area contributed by atoms with Gasteiger partial charge in [0.1, 0.15) is 5.54 Å². The van der Waals surface area contributed by atoms with Crippen molar-refractivity contribution in [3.8, 4) is 11.5 Å². The third-order valence-electron chi connectivity index (χ3n) is 5.54. The Morgan fingerprint density at radius 3 is 2.61 bits per heavy atom. The molecule has 3 rings (SSSR count). The number of ether oxygens (including phenoxy) is 1. The topological polar surface area (TPSA) is 115 Å². The molecular weight excluding hydrogens is 362 g/mol. The normalized spacial score (nSPS) is 23.0. The molecule has 1 amide bonds. The second-order valence-electron chi connectivity index (χ2n) is 7.50. The van der Waals surface area contributed by atoms with E-state index in [4.69, 9.17) is 9.15 Å². The first-order valence-electron chi connectivity index (χ1n) is 9.34. The van der Waals surface area contributed by atoms with Crippen LogP contribution >= 0.6 is 0 Å². The molecule has 2 atom stereocenters. The van der Waals surface area contributed by atoms with Crippen LogP contribution in [0, 0.1) is 5.41 Å². The van der Waals surface area contributed by atoms with Gasteiger partial charge in [-0.3, -0.25) is 4.79 Å². The van der Waals surface area contributed by atoms with Gasteiger partial charge < -0.3 is 19.6 Å². The van der Waals surface area contributed by atoms with Crippen LogP contribution in [0.4, 0.5) is 0 Å². The summed E-state index contributed by atoms with van der Waals surface area (Å²) in [7, 11) is 0. The fourth-order valence-electron chi connectivity index (χ4n) is 3.61. The van der Waals surface area contributed by atoms with Gasteiger partial charge in [-0.2, -0.15) is 0 Å². The molecule has 1 saturated carbocycles. The number of rotatable bonds is 8. The first kappa shape index (κ1) is 20.0. The van der Waals surface area contributed by atoms with Crippen molar-refractivity contribution in [3.05, 3.63) is 36.2 Å². The van der Waals surface area contributed by atoms with Crippen molar-refractivity contribution in [1.82, 2.24) is 15.5 Å². The molecule has 8 heteroatoms. The van der Waals surface area contributed by atoms with Gasteiger partial charge in [-0.05, 0) is 19.1 Å². The number of hydrogen-bond acceptors (Lipinski definition) is 6. The van der Waals surface area contributed by atoms with Crippen molar-refractivity contribution in [3.63, 3.8) is 0 Å². The zero-order valence-electron chi connectivity index (χ0n) is 16.3. The molecule has 1 fully saturated rings. The van der Waals surface area contributed by atoms with Gasteiger partial charge in [-0.25, -0.2) is 4.79 Å². The van der Waals surface area contributed by atoms with Crippen LogP contribution in [0.25, 0.3) is 11.5 Å². The fraction of sp³-hybridized carbons (Fsp3) is 0.500. The van der Waals surface area contributed by atoms with Crippen LogP contribution in [0.5, 0.6) is 0 Å². The number of nitrogens with one attached hydrogen (secondary N) is 1. The molecule has 150 valence electrons. The minimum absolute atomic E-state index is 0.0564. The van der Waals surface area contributed by atoms with Crippen LogP contribution in [0.2, 0.25) is 0 Å². The Labute approximate surface area is 163 Å². The highest BCUT2D eigenvalue weighted by atomic mass is 16.5. The highest BCUT2D eigenvalue weighted by Gasteiger charge is 2.66. The number of aromatic nitrogens is 2. The van der Waals surface area contributed by atoms with Gasteiger partial charge in [0.2, 0.25) is 17.7 Å². The van der Waals surface area contributed by atoms with Gasteiger partial charge in [0, 0.05) is 36.8 Å². The van der Waals surface area contributed by atoms with Crippen LogP contribution in [0.1, 0.15) is 39.5 Å². The number of carboxylic acids is 1. The van der Waals surface area contributed by atoms with Crippen molar-refractivity contribution in [1.29, 1.82) is 0 Å². The molecule has 0 aliphatic heterocycles. The number of nitrogens with zero attached hydrogens (tertiary/aromatic N) is 2. The zero-order valence-corrected chi connectivity index (χ0v) is 16.3. The van der Waals surface area contributed by atoms with E-state index in [9.17, 15) is 14.7 Å². The molecule has 2 unspecified atom stereocenters. The van der Waals surface area contributed by atoms with Gasteiger partial charge >= 0.3 is 5.97 Å². The smallest absolute Gasteiger partial charge is 0.330 e. The Bertz CT molecular complexity index is 849. The molecule has 0 bridgehead atoms. The quantitative estimate of drug-likeness (QED) is 0.715. The Balaban J connectivity index is 1.61. The first-order valence-corrected chi connectivity index (χ1v) is 9.34. The number of carboxylic acid groups (broad SMARTS) is 1. The van der Waals surface area contributed by atoms with Gasteiger partial charge in [-0.15, -0.1) is 10.2 Å². The Morgan fingerprint density at radius 2 is 2.00 bits per heavy atom. The molecule has 8 nitrogen and oxygen atoms in total. The van der Waals surface area contributed by atoms with E-state index in [0.29, 0.717) is 18.4 Å². The van der Waals surface area contributed by atoms with E-state index >= 15 is 0 Å². The summed E-state index contributed by atoms with van der Waals surface area (Å²) in [5.74, 6) is -0.702. The van der Waals surface area contributed by atoms with E-state index < -0.39 is 16.9 Å². The van der Waals surface area contributed by atoms with Crippen LogP contribution in [0.3, 0.4) is 0 Å². The summed E-state index contributed by atoms with van der Waals surface area (Å²) >= 11 is 0. The molecule has 28 heavy (non-hydrogen) atoms. The lowest BCUT2D eigenvalue weighted by Crippen LogP contribution is -2.76. The average molecular weight is 387 g/mol. The summed E-state index contributed by atoms with van der Waals surface area (Å²) in [5, 5.41) is 20.4. The van der Waals surface area contributed by atoms with Crippen molar-refractivity contribution in [2.45, 2.75) is 51.7 Å². The van der Waals surface area contributed by atoms with E-state index in [2.05, 4.69) is 15.5 Å². The zero-order chi connectivity index (χ0) is 20.4. The molecule has 0 saturated heterocycles. The molecule has 2 N–H and O–H groups in total. The lowest BCUT2D eigenvalue weighted by Gasteiger charge is -2.58. The maximum Gasteiger partial charge on any atom is 0.330 e. The maximum atomic E-state index is 12.5. The van der Waals surface area contributed by atoms with Crippen LogP contribution in [-0.2, 0) is 20.7 Å². The summed E-state index contributed by atoms with van der Waals surface area (Å²) < 4.78 is 11.2. The lowest BCUT2D eigenvalue weighted by atomic mass is 9.54. The highest BCUT2D eigenvalue weighted by Crippen LogP contribution is 2.51. The lowest BCUT2D eigenvalue weighted by molar-refractivity contribution is -0.194. The highest BCUT2D eigenvalue weighted by molar-refractivity contribution is 5.89. The van der Waals surface area contributed by atoms with E-state index in [-0.39, 0.29) is 31.3 Å². The molecule has 0 spiro atoms. The average Bonchev–Trinajstić information content (AvgIpc) is 3.15. The van der Waals surface area contributed by atoms with Gasteiger partial charge in [0.25, 0.3) is 0 Å². The standard InChI is InChI=1S/C20H25N3O5/c1-4-27-14-12-20(18(25)26,19(14,2)3)21-15(24)10-11-16-22-23-17(28-16)13-8-6-5-7-9-13/h5-9,14H,4,10-12H2,1-3H3,(H,21,24)(H,25,26). The van der Waals surface area contributed by atoms with E-state index in [1.54, 1.807) is 13.8 Å². The van der Waals surface area contributed by atoms with Crippen LogP contribution in [0.15, 0.2) is 34.7 Å². The summed E-state index contributed by atoms with van der Waals surface area (Å²) in [6.45, 7) is 5.97. The van der Waals surface area contributed by atoms with Crippen molar-refractivity contribution >= 4 is 11.9 Å². The predicted octanol–water partition coefficient (Wildman–Crippen LogP) is 2.44. The van der Waals surface area contributed by atoms with Gasteiger partial charge in [-0.1, -0.05) is 32.0 Å². The number of carbonyl (C=O) groups excluding carboxylic acids is 1. The molecule has 2 aromatic rings. The SMILES string of the molecule is CCOC1CC(NC(=O)CCc2nnc(-c3ccccc3)o2)(C(=O)O)C1(C)C. The maximum absolute atomic E-state index is 12.5.